The van der Waals surface area contributed by atoms with Crippen molar-refractivity contribution < 1.29 is 18.5 Å². The van der Waals surface area contributed by atoms with Crippen LogP contribution in [0, 0.1) is 11.7 Å². The Morgan fingerprint density at radius 1 is 1.28 bits per heavy atom. The van der Waals surface area contributed by atoms with Crippen LogP contribution in [0.15, 0.2) is 51.9 Å². The lowest BCUT2D eigenvalue weighted by molar-refractivity contribution is -0.126. The third-order valence-corrected chi connectivity index (χ3v) is 4.58. The molecule has 2 amide bonds. The monoisotopic (exact) mass is 397 g/mol. The Morgan fingerprint density at radius 2 is 2.07 bits per heavy atom. The summed E-state index contributed by atoms with van der Waals surface area (Å²) >= 11 is 0. The van der Waals surface area contributed by atoms with Gasteiger partial charge in [-0.1, -0.05) is 5.16 Å². The van der Waals surface area contributed by atoms with Gasteiger partial charge in [0, 0.05) is 24.8 Å². The van der Waals surface area contributed by atoms with E-state index in [2.05, 4.69) is 20.4 Å². The van der Waals surface area contributed by atoms with E-state index in [9.17, 15) is 18.8 Å². The minimum absolute atomic E-state index is 0.0300. The summed E-state index contributed by atoms with van der Waals surface area (Å²) in [5.41, 5.74) is 0.445. The summed E-state index contributed by atoms with van der Waals surface area (Å²) < 4.78 is 18.1. The standard InChI is InChI=1S/C19H16FN5O4/c20-12-3-5-13(6-4-12)25-10-11(8-16(25)26)18(27)22-9-15-23-17(24-29-15)14-2-1-7-21-19(14)28/h1-7,11H,8-10H2,(H,21,28)(H,22,27). The molecule has 1 aromatic carbocycles. The molecule has 9 nitrogen and oxygen atoms in total. The Morgan fingerprint density at radius 3 is 2.83 bits per heavy atom. The molecule has 10 heteroatoms. The molecular formula is C19H16FN5O4. The number of rotatable bonds is 5. The Bertz CT molecular complexity index is 1110. The molecule has 2 N–H and O–H groups in total. The van der Waals surface area contributed by atoms with Crippen molar-refractivity contribution in [1.82, 2.24) is 20.4 Å². The molecule has 0 radical (unpaired) electrons. The molecule has 0 bridgehead atoms. The van der Waals surface area contributed by atoms with Crippen molar-refractivity contribution >= 4 is 17.5 Å². The van der Waals surface area contributed by atoms with Gasteiger partial charge in [0.05, 0.1) is 18.0 Å². The predicted molar refractivity (Wildman–Crippen MR) is 99.1 cm³/mol. The molecule has 3 aromatic rings. The first-order valence-electron chi connectivity index (χ1n) is 8.85. The minimum atomic E-state index is -0.549. The van der Waals surface area contributed by atoms with Gasteiger partial charge in [0.25, 0.3) is 5.56 Å². The quantitative estimate of drug-likeness (QED) is 0.668. The normalized spacial score (nSPS) is 16.2. The fraction of sp³-hybridized carbons (Fsp3) is 0.211. The van der Waals surface area contributed by atoms with Crippen molar-refractivity contribution in [2.45, 2.75) is 13.0 Å². The van der Waals surface area contributed by atoms with Gasteiger partial charge in [0.1, 0.15) is 5.82 Å². The fourth-order valence-corrected chi connectivity index (χ4v) is 3.09. The van der Waals surface area contributed by atoms with Crippen molar-refractivity contribution in [1.29, 1.82) is 0 Å². The molecule has 1 aliphatic rings. The Hall–Kier alpha value is -3.82. The second kappa shape index (κ2) is 7.66. The van der Waals surface area contributed by atoms with Crippen LogP contribution in [-0.2, 0) is 16.1 Å². The molecule has 0 saturated carbocycles. The van der Waals surface area contributed by atoms with Gasteiger partial charge in [-0.15, -0.1) is 0 Å². The summed E-state index contributed by atoms with van der Waals surface area (Å²) in [4.78, 5) is 44.5. The average molecular weight is 397 g/mol. The van der Waals surface area contributed by atoms with Crippen LogP contribution in [-0.4, -0.2) is 33.5 Å². The van der Waals surface area contributed by atoms with Crippen LogP contribution in [0.5, 0.6) is 0 Å². The van der Waals surface area contributed by atoms with Crippen molar-refractivity contribution in [2.75, 3.05) is 11.4 Å². The summed E-state index contributed by atoms with van der Waals surface area (Å²) in [6.07, 6.45) is 1.54. The number of halogens is 1. The SMILES string of the molecule is O=C(NCc1nc(-c2ccc[nH]c2=O)no1)C1CC(=O)N(c2ccc(F)cc2)C1. The van der Waals surface area contributed by atoms with Crippen LogP contribution in [0.4, 0.5) is 10.1 Å². The average Bonchev–Trinajstić information content (AvgIpc) is 3.34. The number of nitrogens with zero attached hydrogens (tertiary/aromatic N) is 3. The van der Waals surface area contributed by atoms with Gasteiger partial charge in [-0.25, -0.2) is 4.39 Å². The fourth-order valence-electron chi connectivity index (χ4n) is 3.09. The summed E-state index contributed by atoms with van der Waals surface area (Å²) in [6, 6.07) is 8.72. The number of carbonyl (C=O) groups excluding carboxylic acids is 2. The number of pyridine rings is 1. The van der Waals surface area contributed by atoms with Gasteiger partial charge in [0.2, 0.25) is 23.5 Å². The second-order valence-corrected chi connectivity index (χ2v) is 6.52. The van der Waals surface area contributed by atoms with Gasteiger partial charge >= 0.3 is 0 Å². The number of aromatic amines is 1. The molecule has 148 valence electrons. The number of hydrogen-bond donors (Lipinski definition) is 2. The Kier molecular flexibility index (Phi) is 4.90. The highest BCUT2D eigenvalue weighted by molar-refractivity contribution is 6.00. The molecule has 1 fully saturated rings. The zero-order chi connectivity index (χ0) is 20.4. The second-order valence-electron chi connectivity index (χ2n) is 6.52. The summed E-state index contributed by atoms with van der Waals surface area (Å²) in [7, 11) is 0. The van der Waals surface area contributed by atoms with E-state index in [1.54, 1.807) is 12.1 Å². The van der Waals surface area contributed by atoms with E-state index in [1.165, 1.54) is 35.4 Å². The lowest BCUT2D eigenvalue weighted by Crippen LogP contribution is -2.32. The molecule has 2 aromatic heterocycles. The van der Waals surface area contributed by atoms with Crippen molar-refractivity contribution in [2.24, 2.45) is 5.92 Å². The van der Waals surface area contributed by atoms with E-state index in [1.807, 2.05) is 0 Å². The van der Waals surface area contributed by atoms with E-state index in [0.717, 1.165) is 0 Å². The van der Waals surface area contributed by atoms with E-state index in [-0.39, 0.29) is 54.2 Å². The summed E-state index contributed by atoms with van der Waals surface area (Å²) in [5, 5.41) is 6.41. The maximum atomic E-state index is 13.1. The molecule has 4 rings (SSSR count). The third kappa shape index (κ3) is 3.91. The van der Waals surface area contributed by atoms with Gasteiger partial charge in [-0.05, 0) is 36.4 Å². The maximum Gasteiger partial charge on any atom is 0.259 e. The number of anilines is 1. The number of benzene rings is 1. The van der Waals surface area contributed by atoms with Crippen LogP contribution in [0.2, 0.25) is 0 Å². The van der Waals surface area contributed by atoms with Crippen LogP contribution in [0.3, 0.4) is 0 Å². The van der Waals surface area contributed by atoms with Gasteiger partial charge in [0.15, 0.2) is 0 Å². The first-order valence-corrected chi connectivity index (χ1v) is 8.85. The topological polar surface area (TPSA) is 121 Å². The van der Waals surface area contributed by atoms with Crippen LogP contribution < -0.4 is 15.8 Å². The molecule has 0 spiro atoms. The van der Waals surface area contributed by atoms with Gasteiger partial charge < -0.3 is 19.7 Å². The molecule has 0 aliphatic carbocycles. The lowest BCUT2D eigenvalue weighted by atomic mass is 10.1. The number of nitrogens with one attached hydrogen (secondary N) is 2. The third-order valence-electron chi connectivity index (χ3n) is 4.58. The molecule has 3 heterocycles. The van der Waals surface area contributed by atoms with Crippen LogP contribution in [0.1, 0.15) is 12.3 Å². The van der Waals surface area contributed by atoms with Crippen molar-refractivity contribution in [3.8, 4) is 11.4 Å². The highest BCUT2D eigenvalue weighted by Crippen LogP contribution is 2.25. The Labute approximate surface area is 163 Å². The minimum Gasteiger partial charge on any atom is -0.347 e. The molecule has 29 heavy (non-hydrogen) atoms. The van der Waals surface area contributed by atoms with E-state index >= 15 is 0 Å². The molecule has 1 unspecified atom stereocenters. The van der Waals surface area contributed by atoms with Crippen LogP contribution >= 0.6 is 0 Å². The number of H-pyrrole nitrogens is 1. The number of carbonyl (C=O) groups is 2. The smallest absolute Gasteiger partial charge is 0.259 e. The highest BCUT2D eigenvalue weighted by atomic mass is 19.1. The van der Waals surface area contributed by atoms with Crippen LogP contribution in [0.25, 0.3) is 11.4 Å². The van der Waals surface area contributed by atoms with E-state index < -0.39 is 11.7 Å². The largest absolute Gasteiger partial charge is 0.347 e. The molecule has 1 aliphatic heterocycles. The van der Waals surface area contributed by atoms with Crippen molar-refractivity contribution in [3.63, 3.8) is 0 Å². The van der Waals surface area contributed by atoms with E-state index in [0.29, 0.717) is 5.69 Å². The lowest BCUT2D eigenvalue weighted by Gasteiger charge is -2.16. The molecule has 1 atom stereocenters. The first kappa shape index (κ1) is 18.5. The number of hydrogen-bond acceptors (Lipinski definition) is 6. The van der Waals surface area contributed by atoms with Crippen molar-refractivity contribution in [3.05, 3.63) is 64.7 Å². The predicted octanol–water partition coefficient (Wildman–Crippen LogP) is 1.23. The molecular weight excluding hydrogens is 381 g/mol. The highest BCUT2D eigenvalue weighted by Gasteiger charge is 2.35. The zero-order valence-electron chi connectivity index (χ0n) is 15.1. The number of aromatic nitrogens is 3. The zero-order valence-corrected chi connectivity index (χ0v) is 15.1. The Balaban J connectivity index is 1.37. The van der Waals surface area contributed by atoms with Gasteiger partial charge in [-0.3, -0.25) is 14.4 Å². The first-order chi connectivity index (χ1) is 14.0. The summed E-state index contributed by atoms with van der Waals surface area (Å²) in [5.74, 6) is -1.23. The van der Waals surface area contributed by atoms with Gasteiger partial charge in [-0.2, -0.15) is 4.98 Å². The maximum absolute atomic E-state index is 13.1. The summed E-state index contributed by atoms with van der Waals surface area (Å²) in [6.45, 7) is 0.169. The van der Waals surface area contributed by atoms with E-state index in [4.69, 9.17) is 4.52 Å². The molecule has 1 saturated heterocycles. The number of amides is 2.